The number of allylic oxidation sites excluding steroid dienone is 1. The van der Waals surface area contributed by atoms with Crippen molar-refractivity contribution in [1.29, 1.82) is 0 Å². The van der Waals surface area contributed by atoms with Crippen molar-refractivity contribution in [2.75, 3.05) is 11.1 Å². The normalized spacial score (nSPS) is 18.0. The van der Waals surface area contributed by atoms with Crippen LogP contribution < -0.4 is 5.32 Å². The molecule has 3 aliphatic carbocycles. The Labute approximate surface area is 437 Å². The summed E-state index contributed by atoms with van der Waals surface area (Å²) in [5.74, 6) is 1.52. The third-order valence-electron chi connectivity index (χ3n) is 11.1. The van der Waals surface area contributed by atoms with Crippen LogP contribution in [0.5, 0.6) is 0 Å². The fourth-order valence-corrected chi connectivity index (χ4v) is 10.2. The molecular formula is C55H73Cl4NO9S. The van der Waals surface area contributed by atoms with Gasteiger partial charge in [0.15, 0.2) is 15.6 Å². The van der Waals surface area contributed by atoms with Crippen molar-refractivity contribution in [3.05, 3.63) is 98.5 Å². The first-order valence-corrected chi connectivity index (χ1v) is 26.7. The largest absolute Gasteiger partial charge is 0.324 e. The zero-order valence-corrected chi connectivity index (χ0v) is 46.4. The summed E-state index contributed by atoms with van der Waals surface area (Å²) < 4.78 is 23.0. The Bertz CT molecular complexity index is 2350. The number of hydrogen-bond donors (Lipinski definition) is 1. The zero-order chi connectivity index (χ0) is 53.4. The van der Waals surface area contributed by atoms with E-state index in [0.29, 0.717) is 55.0 Å². The Morgan fingerprint density at radius 3 is 1.64 bits per heavy atom. The molecule has 1 amide bonds. The molecular weight excluding hydrogens is 992 g/mol. The highest BCUT2D eigenvalue weighted by Gasteiger charge is 2.35. The molecule has 0 heterocycles. The number of rotatable bonds is 10. The number of amides is 1. The van der Waals surface area contributed by atoms with Crippen LogP contribution in [0.2, 0.25) is 20.1 Å². The van der Waals surface area contributed by atoms with E-state index in [1.807, 2.05) is 19.1 Å². The first-order valence-electron chi connectivity index (χ1n) is 23.6. The molecule has 0 aromatic heterocycles. The van der Waals surface area contributed by atoms with Gasteiger partial charge in [-0.25, -0.2) is 8.42 Å². The average Bonchev–Trinajstić information content (AvgIpc) is 3.46. The van der Waals surface area contributed by atoms with Crippen molar-refractivity contribution in [1.82, 2.24) is 0 Å². The highest BCUT2D eigenvalue weighted by atomic mass is 35.5. The maximum atomic E-state index is 11.5. The molecule has 2 atom stereocenters. The highest BCUT2D eigenvalue weighted by Crippen LogP contribution is 2.38. The van der Waals surface area contributed by atoms with Crippen LogP contribution in [0.3, 0.4) is 0 Å². The van der Waals surface area contributed by atoms with Gasteiger partial charge in [0, 0.05) is 46.7 Å². The lowest BCUT2D eigenvalue weighted by molar-refractivity contribution is -0.125. The summed E-state index contributed by atoms with van der Waals surface area (Å²) in [5, 5.41) is 4.53. The number of nitrogens with one attached hydrogen (secondary N) is 1. The summed E-state index contributed by atoms with van der Waals surface area (Å²) in [4.78, 5) is 76.1. The van der Waals surface area contributed by atoms with Gasteiger partial charge in [-0.1, -0.05) is 138 Å². The summed E-state index contributed by atoms with van der Waals surface area (Å²) in [7, 11) is -3.48. The maximum Gasteiger partial charge on any atom is 0.231 e. The molecule has 386 valence electrons. The van der Waals surface area contributed by atoms with E-state index in [9.17, 15) is 42.0 Å². The minimum Gasteiger partial charge on any atom is -0.324 e. The Morgan fingerprint density at radius 2 is 1.21 bits per heavy atom. The Morgan fingerprint density at radius 1 is 0.686 bits per heavy atom. The van der Waals surface area contributed by atoms with E-state index in [4.69, 9.17) is 46.4 Å². The number of carbonyl (C=O) groups excluding carboxylic acids is 7. The molecule has 3 aliphatic rings. The highest BCUT2D eigenvalue weighted by molar-refractivity contribution is 7.92. The van der Waals surface area contributed by atoms with Gasteiger partial charge in [-0.15, -0.1) is 0 Å². The van der Waals surface area contributed by atoms with Crippen molar-refractivity contribution in [3.8, 4) is 0 Å². The van der Waals surface area contributed by atoms with Crippen LogP contribution in [-0.4, -0.2) is 54.8 Å². The molecule has 3 aromatic rings. The quantitative estimate of drug-likeness (QED) is 0.154. The Hall–Kier alpha value is -4.00. The fourth-order valence-electron chi connectivity index (χ4n) is 8.33. The third kappa shape index (κ3) is 29.4. The van der Waals surface area contributed by atoms with Crippen molar-refractivity contribution in [3.63, 3.8) is 0 Å². The van der Waals surface area contributed by atoms with Crippen LogP contribution >= 0.6 is 46.4 Å². The van der Waals surface area contributed by atoms with Gasteiger partial charge in [0.05, 0.1) is 22.0 Å². The first-order chi connectivity index (χ1) is 32.4. The number of hydrogen-bond acceptors (Lipinski definition) is 9. The minimum absolute atomic E-state index is 0.0463. The maximum absolute atomic E-state index is 11.5. The minimum atomic E-state index is -3.48. The van der Waals surface area contributed by atoms with Gasteiger partial charge in [0.1, 0.15) is 34.7 Å². The van der Waals surface area contributed by atoms with Crippen LogP contribution in [0.1, 0.15) is 152 Å². The molecule has 0 aliphatic heterocycles. The van der Waals surface area contributed by atoms with Gasteiger partial charge in [0.2, 0.25) is 5.91 Å². The van der Waals surface area contributed by atoms with E-state index >= 15 is 0 Å². The molecule has 3 saturated carbocycles. The molecule has 0 spiro atoms. The van der Waals surface area contributed by atoms with Crippen LogP contribution in [0.25, 0.3) is 6.08 Å². The fraction of sp³-hybridized carbons (Fsp3) is 0.509. The Kier molecular flexibility index (Phi) is 28.8. The van der Waals surface area contributed by atoms with E-state index in [0.717, 1.165) is 43.6 Å². The molecule has 3 aromatic carbocycles. The second-order valence-electron chi connectivity index (χ2n) is 20.2. The Balaban J connectivity index is 0.000000424. The number of benzene rings is 3. The van der Waals surface area contributed by atoms with Gasteiger partial charge in [-0.2, -0.15) is 0 Å². The van der Waals surface area contributed by atoms with Crippen LogP contribution in [0.15, 0.2) is 77.7 Å². The van der Waals surface area contributed by atoms with Crippen LogP contribution in [-0.2, 0) is 43.4 Å². The summed E-state index contributed by atoms with van der Waals surface area (Å²) in [6.45, 7) is 18.7. The third-order valence-corrected chi connectivity index (χ3v) is 13.9. The molecule has 70 heavy (non-hydrogen) atoms. The molecule has 1 N–H and O–H groups in total. The van der Waals surface area contributed by atoms with E-state index in [1.165, 1.54) is 95.7 Å². The number of anilines is 1. The van der Waals surface area contributed by atoms with Crippen molar-refractivity contribution < 1.29 is 42.0 Å². The molecule has 0 radical (unpaired) electrons. The lowest BCUT2D eigenvalue weighted by atomic mass is 9.72. The standard InChI is InChI=1S/C10H9Cl2NO2.C10H9ClO.C9H9ClO3S.2C9H16O.C8H14O/c1-6(14)4-10(15)13-9-5-7(11)2-3-8(9)12;1-8(12)2-3-9-4-6-10(11)7-5-9;1-7(11)6-14(12,13)9-4-2-8(10)3-5-9;1-7-4-8(10)6-9(2,3)5-7;1-8(10)7-9-5-3-2-4-6-9;1-6-4-8(2,3)5-7(6)9/h2-3,5H,4H2,1H3,(H,13,15);2-7H,1H3;2-5H,6H2,1H3;7H,4-6H2,1-3H3;9H,2-7H2,1H3;6H,4-5H2,1-3H3. The summed E-state index contributed by atoms with van der Waals surface area (Å²) in [5.41, 5.74) is 1.95. The SMILES string of the molecule is CC(=O)C=Cc1ccc(Cl)cc1.CC(=O)CC(=O)Nc1cc(Cl)ccc1Cl.CC(=O)CC1CCCCC1.CC(=O)CS(=O)(=O)c1ccc(Cl)cc1.CC1CC(=O)CC(C)(C)C1.CC1CC(C)(C)CC1=O. The summed E-state index contributed by atoms with van der Waals surface area (Å²) in [6, 6.07) is 17.8. The van der Waals surface area contributed by atoms with Crippen LogP contribution in [0, 0.1) is 28.6 Å². The number of ketones is 6. The molecule has 3 fully saturated rings. The van der Waals surface area contributed by atoms with E-state index < -0.39 is 21.5 Å². The predicted octanol–water partition coefficient (Wildman–Crippen LogP) is 14.5. The molecule has 6 rings (SSSR count). The van der Waals surface area contributed by atoms with Crippen molar-refractivity contribution in [2.24, 2.45) is 28.6 Å². The molecule has 0 saturated heterocycles. The lowest BCUT2D eigenvalue weighted by Crippen LogP contribution is -2.27. The van der Waals surface area contributed by atoms with Crippen LogP contribution in [0.4, 0.5) is 5.69 Å². The summed E-state index contributed by atoms with van der Waals surface area (Å²) >= 11 is 22.8. The van der Waals surface area contributed by atoms with E-state index in [-0.39, 0.29) is 39.5 Å². The summed E-state index contributed by atoms with van der Waals surface area (Å²) in [6.07, 6.45) is 15.3. The van der Waals surface area contributed by atoms with Crippen molar-refractivity contribution in [2.45, 2.75) is 151 Å². The van der Waals surface area contributed by atoms with Gasteiger partial charge < -0.3 is 10.1 Å². The monoisotopic (exact) mass is 1060 g/mol. The van der Waals surface area contributed by atoms with E-state index in [2.05, 4.69) is 39.9 Å². The first kappa shape index (κ1) is 64.0. The number of Topliss-reactive ketones (excluding diaryl/α,β-unsaturated/α-hetero) is 5. The number of carbonyl (C=O) groups is 7. The second-order valence-corrected chi connectivity index (χ2v) is 23.9. The van der Waals surface area contributed by atoms with Gasteiger partial charge in [0.25, 0.3) is 0 Å². The molecule has 0 bridgehead atoms. The smallest absolute Gasteiger partial charge is 0.231 e. The van der Waals surface area contributed by atoms with Crippen molar-refractivity contribution >= 4 is 109 Å². The van der Waals surface area contributed by atoms with Gasteiger partial charge in [-0.05, 0) is 129 Å². The molecule has 2 unspecified atom stereocenters. The predicted molar refractivity (Wildman–Crippen MR) is 287 cm³/mol. The lowest BCUT2D eigenvalue weighted by Gasteiger charge is -2.32. The second kappa shape index (κ2) is 31.5. The van der Waals surface area contributed by atoms with E-state index in [1.54, 1.807) is 37.3 Å². The number of halogens is 4. The zero-order valence-electron chi connectivity index (χ0n) is 42.5. The average molecular weight is 1070 g/mol. The topological polar surface area (TPSA) is 166 Å². The van der Waals surface area contributed by atoms with Gasteiger partial charge in [-0.3, -0.25) is 28.8 Å². The van der Waals surface area contributed by atoms with Gasteiger partial charge >= 0.3 is 0 Å². The molecule has 15 heteroatoms. The molecule has 10 nitrogen and oxygen atoms in total. The number of sulfone groups is 1.